The number of carbonyl (C=O) groups excluding carboxylic acids is 2. The van der Waals surface area contributed by atoms with Crippen molar-refractivity contribution in [3.63, 3.8) is 0 Å². The molecule has 1 aliphatic rings. The molecule has 2 amide bonds. The largest absolute Gasteiger partial charge is 0.495 e. The van der Waals surface area contributed by atoms with Gasteiger partial charge in [-0.05, 0) is 30.3 Å². The van der Waals surface area contributed by atoms with Crippen molar-refractivity contribution in [2.45, 2.75) is 17.7 Å². The number of carbonyl (C=O) groups is 2. The molecule has 2 aromatic carbocycles. The van der Waals surface area contributed by atoms with E-state index < -0.39 is 15.9 Å². The fourth-order valence-corrected chi connectivity index (χ4v) is 4.64. The highest BCUT2D eigenvalue weighted by Crippen LogP contribution is 2.30. The van der Waals surface area contributed by atoms with Gasteiger partial charge >= 0.3 is 0 Å². The number of benzene rings is 2. The van der Waals surface area contributed by atoms with E-state index in [1.54, 1.807) is 23.1 Å². The topological polar surface area (TPSA) is 114 Å². The van der Waals surface area contributed by atoms with Crippen LogP contribution in [0.2, 0.25) is 5.02 Å². The number of sulfonamides is 1. The summed E-state index contributed by atoms with van der Waals surface area (Å²) in [6.07, 6.45) is 0.0311. The Balaban J connectivity index is 1.69. The molecule has 1 aliphatic heterocycles. The summed E-state index contributed by atoms with van der Waals surface area (Å²) in [5.74, 6) is -0.422. The quantitative estimate of drug-likeness (QED) is 0.599. The SMILES string of the molecule is COc1ccc(NC(=O)CCC(=O)N2CCOCC2)cc1S(=O)(=O)Nc1ccccc1Cl. The molecule has 11 heteroatoms. The summed E-state index contributed by atoms with van der Waals surface area (Å²) in [5, 5.41) is 2.87. The van der Waals surface area contributed by atoms with Crippen molar-refractivity contribution in [1.82, 2.24) is 4.90 Å². The Bertz CT molecular complexity index is 1090. The molecule has 3 rings (SSSR count). The number of morpholine rings is 1. The summed E-state index contributed by atoms with van der Waals surface area (Å²) >= 11 is 6.05. The second-order valence-corrected chi connectivity index (χ2v) is 9.05. The first-order valence-corrected chi connectivity index (χ1v) is 11.8. The molecule has 0 saturated carbocycles. The van der Waals surface area contributed by atoms with Crippen molar-refractivity contribution in [2.24, 2.45) is 0 Å². The second-order valence-electron chi connectivity index (χ2n) is 6.99. The molecule has 0 radical (unpaired) electrons. The number of halogens is 1. The van der Waals surface area contributed by atoms with Crippen LogP contribution in [-0.2, 0) is 24.3 Å². The van der Waals surface area contributed by atoms with Gasteiger partial charge < -0.3 is 19.7 Å². The summed E-state index contributed by atoms with van der Waals surface area (Å²) in [6, 6.07) is 10.7. The molecule has 2 aromatic rings. The molecular formula is C21H24ClN3O6S. The average molecular weight is 482 g/mol. The number of hydrogen-bond acceptors (Lipinski definition) is 6. The van der Waals surface area contributed by atoms with Crippen LogP contribution in [0.25, 0.3) is 0 Å². The van der Waals surface area contributed by atoms with Crippen molar-refractivity contribution < 1.29 is 27.5 Å². The zero-order valence-corrected chi connectivity index (χ0v) is 19.0. The second kappa shape index (κ2) is 10.7. The Kier molecular flexibility index (Phi) is 7.94. The zero-order valence-electron chi connectivity index (χ0n) is 17.5. The molecule has 1 heterocycles. The average Bonchev–Trinajstić information content (AvgIpc) is 2.79. The highest BCUT2D eigenvalue weighted by atomic mass is 35.5. The van der Waals surface area contributed by atoms with E-state index in [0.717, 1.165) is 0 Å². The number of ether oxygens (including phenoxy) is 2. The smallest absolute Gasteiger partial charge is 0.265 e. The standard InChI is InChI=1S/C21H24ClN3O6S/c1-30-18-7-6-15(23-20(26)8-9-21(27)25-10-12-31-13-11-25)14-19(18)32(28,29)24-17-5-3-2-4-16(17)22/h2-7,14,24H,8-13H2,1H3,(H,23,26). The van der Waals surface area contributed by atoms with Crippen molar-refractivity contribution in [3.05, 3.63) is 47.5 Å². The third-order valence-corrected chi connectivity index (χ3v) is 6.50. The van der Waals surface area contributed by atoms with Gasteiger partial charge in [0, 0.05) is 31.6 Å². The fourth-order valence-electron chi connectivity index (χ4n) is 3.12. The number of amides is 2. The molecule has 2 N–H and O–H groups in total. The van der Waals surface area contributed by atoms with Crippen LogP contribution in [0.3, 0.4) is 0 Å². The molecule has 9 nitrogen and oxygen atoms in total. The number of methoxy groups -OCH3 is 1. The summed E-state index contributed by atoms with van der Waals surface area (Å²) in [6.45, 7) is 2.00. The lowest BCUT2D eigenvalue weighted by Gasteiger charge is -2.26. The van der Waals surface area contributed by atoms with Gasteiger partial charge in [-0.2, -0.15) is 0 Å². The van der Waals surface area contributed by atoms with Gasteiger partial charge in [-0.3, -0.25) is 14.3 Å². The van der Waals surface area contributed by atoms with E-state index in [0.29, 0.717) is 26.3 Å². The maximum absolute atomic E-state index is 12.9. The molecule has 1 saturated heterocycles. The Morgan fingerprint density at radius 1 is 1.12 bits per heavy atom. The number of nitrogens with one attached hydrogen (secondary N) is 2. The van der Waals surface area contributed by atoms with Gasteiger partial charge in [-0.15, -0.1) is 0 Å². The van der Waals surface area contributed by atoms with Crippen LogP contribution < -0.4 is 14.8 Å². The molecule has 32 heavy (non-hydrogen) atoms. The lowest BCUT2D eigenvalue weighted by molar-refractivity contribution is -0.136. The lowest BCUT2D eigenvalue weighted by atomic mass is 10.2. The molecular weight excluding hydrogens is 458 g/mol. The highest BCUT2D eigenvalue weighted by Gasteiger charge is 2.22. The number of nitrogens with zero attached hydrogens (tertiary/aromatic N) is 1. The minimum absolute atomic E-state index is 0.0256. The van der Waals surface area contributed by atoms with E-state index in [1.807, 2.05) is 0 Å². The molecule has 1 fully saturated rings. The summed E-state index contributed by atoms with van der Waals surface area (Å²) in [5.41, 5.74) is 0.474. The summed E-state index contributed by atoms with van der Waals surface area (Å²) < 4.78 is 38.7. The van der Waals surface area contributed by atoms with Gasteiger partial charge in [0.25, 0.3) is 10.0 Å². The zero-order chi connectivity index (χ0) is 23.1. The molecule has 0 spiro atoms. The molecule has 0 unspecified atom stereocenters. The summed E-state index contributed by atoms with van der Waals surface area (Å²) in [4.78, 5) is 26.0. The minimum atomic E-state index is -4.06. The van der Waals surface area contributed by atoms with Crippen LogP contribution in [-0.4, -0.2) is 58.5 Å². The Morgan fingerprint density at radius 3 is 2.53 bits per heavy atom. The van der Waals surface area contributed by atoms with E-state index >= 15 is 0 Å². The number of anilines is 2. The van der Waals surface area contributed by atoms with E-state index in [-0.39, 0.29) is 45.8 Å². The van der Waals surface area contributed by atoms with Crippen LogP contribution in [0.1, 0.15) is 12.8 Å². The Hall–Kier alpha value is -2.82. The van der Waals surface area contributed by atoms with Gasteiger partial charge in [-0.25, -0.2) is 8.42 Å². The highest BCUT2D eigenvalue weighted by molar-refractivity contribution is 7.92. The molecule has 0 bridgehead atoms. The minimum Gasteiger partial charge on any atom is -0.495 e. The van der Waals surface area contributed by atoms with Crippen molar-refractivity contribution in [3.8, 4) is 5.75 Å². The van der Waals surface area contributed by atoms with Crippen molar-refractivity contribution in [2.75, 3.05) is 43.5 Å². The fraction of sp³-hybridized carbons (Fsp3) is 0.333. The normalized spacial score (nSPS) is 14.0. The number of rotatable bonds is 8. The molecule has 0 atom stereocenters. The van der Waals surface area contributed by atoms with Gasteiger partial charge in [-0.1, -0.05) is 23.7 Å². The van der Waals surface area contributed by atoms with E-state index in [4.69, 9.17) is 21.1 Å². The van der Waals surface area contributed by atoms with Gasteiger partial charge in [0.05, 0.1) is 31.0 Å². The number of para-hydroxylation sites is 1. The van der Waals surface area contributed by atoms with Crippen molar-refractivity contribution >= 4 is 44.8 Å². The van der Waals surface area contributed by atoms with Gasteiger partial charge in [0.2, 0.25) is 11.8 Å². The van der Waals surface area contributed by atoms with Gasteiger partial charge in [0.1, 0.15) is 10.6 Å². The molecule has 0 aliphatic carbocycles. The van der Waals surface area contributed by atoms with E-state index in [2.05, 4.69) is 10.0 Å². The monoisotopic (exact) mass is 481 g/mol. The van der Waals surface area contributed by atoms with Crippen LogP contribution >= 0.6 is 11.6 Å². The van der Waals surface area contributed by atoms with E-state index in [1.165, 1.54) is 31.4 Å². The first-order valence-electron chi connectivity index (χ1n) is 9.91. The first kappa shape index (κ1) is 23.8. The summed E-state index contributed by atoms with van der Waals surface area (Å²) in [7, 11) is -2.71. The lowest BCUT2D eigenvalue weighted by Crippen LogP contribution is -2.40. The maximum atomic E-state index is 12.9. The van der Waals surface area contributed by atoms with Gasteiger partial charge in [0.15, 0.2) is 0 Å². The Morgan fingerprint density at radius 2 is 1.84 bits per heavy atom. The third-order valence-electron chi connectivity index (χ3n) is 4.78. The molecule has 172 valence electrons. The molecule has 0 aromatic heterocycles. The van der Waals surface area contributed by atoms with E-state index in [9.17, 15) is 18.0 Å². The predicted molar refractivity (Wildman–Crippen MR) is 121 cm³/mol. The number of hydrogen-bond donors (Lipinski definition) is 2. The predicted octanol–water partition coefficient (Wildman–Crippen LogP) is 2.73. The van der Waals surface area contributed by atoms with Crippen molar-refractivity contribution in [1.29, 1.82) is 0 Å². The maximum Gasteiger partial charge on any atom is 0.265 e. The van der Waals surface area contributed by atoms with Crippen LogP contribution in [0, 0.1) is 0 Å². The van der Waals surface area contributed by atoms with Crippen LogP contribution in [0.4, 0.5) is 11.4 Å². The first-order chi connectivity index (χ1) is 15.3. The third kappa shape index (κ3) is 6.12. The Labute approximate surface area is 191 Å². The van der Waals surface area contributed by atoms with Crippen LogP contribution in [0.15, 0.2) is 47.4 Å². The van der Waals surface area contributed by atoms with Crippen LogP contribution in [0.5, 0.6) is 5.75 Å².